The summed E-state index contributed by atoms with van der Waals surface area (Å²) in [7, 11) is 0. The van der Waals surface area contributed by atoms with Crippen LogP contribution in [0.25, 0.3) is 11.4 Å². The van der Waals surface area contributed by atoms with Crippen LogP contribution in [0.5, 0.6) is 5.75 Å². The highest BCUT2D eigenvalue weighted by Crippen LogP contribution is 2.24. The molecule has 1 unspecified atom stereocenters. The van der Waals surface area contributed by atoms with Gasteiger partial charge in [0.2, 0.25) is 5.82 Å². The van der Waals surface area contributed by atoms with E-state index in [-0.39, 0.29) is 5.69 Å². The van der Waals surface area contributed by atoms with Crippen LogP contribution in [0.2, 0.25) is 0 Å². The van der Waals surface area contributed by atoms with E-state index in [2.05, 4.69) is 10.1 Å². The second-order valence-corrected chi connectivity index (χ2v) is 5.33. The lowest BCUT2D eigenvalue weighted by molar-refractivity contribution is -0.384. The van der Waals surface area contributed by atoms with E-state index in [0.29, 0.717) is 23.0 Å². The molecule has 2 aromatic carbocycles. The SMILES string of the molecule is Cc1ccc(OC(C)c2nc(-c3ccc([N+](=O)[O-])cc3)no2)cc1. The van der Waals surface area contributed by atoms with E-state index in [1.807, 2.05) is 38.1 Å². The van der Waals surface area contributed by atoms with Crippen molar-refractivity contribution in [1.82, 2.24) is 10.1 Å². The average molecular weight is 325 g/mol. The number of rotatable bonds is 5. The first-order valence-electron chi connectivity index (χ1n) is 7.34. The van der Waals surface area contributed by atoms with Crippen molar-refractivity contribution >= 4 is 5.69 Å². The number of ether oxygens (including phenoxy) is 1. The highest BCUT2D eigenvalue weighted by molar-refractivity contribution is 5.56. The molecule has 1 heterocycles. The molecule has 0 N–H and O–H groups in total. The molecule has 122 valence electrons. The van der Waals surface area contributed by atoms with Crippen LogP contribution < -0.4 is 4.74 Å². The summed E-state index contributed by atoms with van der Waals surface area (Å²) in [6.45, 7) is 3.81. The van der Waals surface area contributed by atoms with Crippen molar-refractivity contribution in [3.05, 3.63) is 70.1 Å². The van der Waals surface area contributed by atoms with Gasteiger partial charge in [-0.1, -0.05) is 22.9 Å². The number of aromatic nitrogens is 2. The third-order valence-electron chi connectivity index (χ3n) is 3.46. The highest BCUT2D eigenvalue weighted by Gasteiger charge is 2.17. The van der Waals surface area contributed by atoms with Crippen LogP contribution >= 0.6 is 0 Å². The zero-order chi connectivity index (χ0) is 17.1. The zero-order valence-corrected chi connectivity index (χ0v) is 13.2. The maximum atomic E-state index is 10.7. The first-order chi connectivity index (χ1) is 11.5. The molecule has 0 saturated carbocycles. The molecule has 0 amide bonds. The number of benzene rings is 2. The Hall–Kier alpha value is -3.22. The van der Waals surface area contributed by atoms with Gasteiger partial charge in [-0.15, -0.1) is 0 Å². The second kappa shape index (κ2) is 6.49. The van der Waals surface area contributed by atoms with Gasteiger partial charge in [0.15, 0.2) is 6.10 Å². The monoisotopic (exact) mass is 325 g/mol. The Labute approximate surface area is 138 Å². The summed E-state index contributed by atoms with van der Waals surface area (Å²) < 4.78 is 11.0. The molecule has 0 aliphatic heterocycles. The van der Waals surface area contributed by atoms with Gasteiger partial charge in [-0.05, 0) is 38.1 Å². The van der Waals surface area contributed by atoms with E-state index >= 15 is 0 Å². The second-order valence-electron chi connectivity index (χ2n) is 5.33. The molecule has 7 nitrogen and oxygen atoms in total. The number of nitro groups is 1. The van der Waals surface area contributed by atoms with E-state index in [1.54, 1.807) is 12.1 Å². The van der Waals surface area contributed by atoms with Crippen LogP contribution in [0.1, 0.15) is 24.5 Å². The lowest BCUT2D eigenvalue weighted by Crippen LogP contribution is -2.03. The Kier molecular flexibility index (Phi) is 4.24. The van der Waals surface area contributed by atoms with Gasteiger partial charge < -0.3 is 9.26 Å². The Morgan fingerprint density at radius 2 is 1.79 bits per heavy atom. The van der Waals surface area contributed by atoms with Crippen molar-refractivity contribution in [2.24, 2.45) is 0 Å². The van der Waals surface area contributed by atoms with E-state index in [0.717, 1.165) is 5.56 Å². The predicted octanol–water partition coefficient (Wildman–Crippen LogP) is 4.09. The summed E-state index contributed by atoms with van der Waals surface area (Å²) >= 11 is 0. The first-order valence-corrected chi connectivity index (χ1v) is 7.34. The Bertz CT molecular complexity index is 841. The molecule has 0 fully saturated rings. The van der Waals surface area contributed by atoms with Gasteiger partial charge in [0.05, 0.1) is 4.92 Å². The fourth-order valence-corrected chi connectivity index (χ4v) is 2.12. The van der Waals surface area contributed by atoms with Crippen molar-refractivity contribution in [3.63, 3.8) is 0 Å². The molecule has 0 saturated heterocycles. The molecule has 0 bridgehead atoms. The summed E-state index contributed by atoms with van der Waals surface area (Å²) in [4.78, 5) is 14.5. The molecule has 0 spiro atoms. The van der Waals surface area contributed by atoms with Crippen molar-refractivity contribution in [2.45, 2.75) is 20.0 Å². The molecule has 3 rings (SSSR count). The Morgan fingerprint density at radius 1 is 1.12 bits per heavy atom. The Morgan fingerprint density at radius 3 is 2.42 bits per heavy atom. The van der Waals surface area contributed by atoms with Gasteiger partial charge in [0.25, 0.3) is 11.6 Å². The number of non-ortho nitro benzene ring substituents is 1. The smallest absolute Gasteiger partial charge is 0.269 e. The first kappa shape index (κ1) is 15.7. The summed E-state index contributed by atoms with van der Waals surface area (Å²) in [5, 5.41) is 14.6. The van der Waals surface area contributed by atoms with Crippen LogP contribution in [0.3, 0.4) is 0 Å². The molecular weight excluding hydrogens is 310 g/mol. The molecule has 0 aliphatic rings. The van der Waals surface area contributed by atoms with Gasteiger partial charge in [0.1, 0.15) is 5.75 Å². The number of aryl methyl sites for hydroxylation is 1. The third-order valence-corrected chi connectivity index (χ3v) is 3.46. The van der Waals surface area contributed by atoms with Crippen molar-refractivity contribution in [3.8, 4) is 17.1 Å². The van der Waals surface area contributed by atoms with Crippen LogP contribution in [0.15, 0.2) is 53.1 Å². The molecule has 7 heteroatoms. The number of nitro benzene ring substituents is 1. The largest absolute Gasteiger partial charge is 0.481 e. The van der Waals surface area contributed by atoms with Crippen LogP contribution in [0.4, 0.5) is 5.69 Å². The summed E-state index contributed by atoms with van der Waals surface area (Å²) in [5.41, 5.74) is 1.80. The Balaban J connectivity index is 1.74. The average Bonchev–Trinajstić information content (AvgIpc) is 3.07. The highest BCUT2D eigenvalue weighted by atomic mass is 16.6. The molecule has 1 aromatic heterocycles. The lowest BCUT2D eigenvalue weighted by Gasteiger charge is -2.10. The minimum atomic E-state index is -0.455. The van der Waals surface area contributed by atoms with Gasteiger partial charge in [-0.3, -0.25) is 10.1 Å². The molecule has 3 aromatic rings. The van der Waals surface area contributed by atoms with Gasteiger partial charge in [-0.2, -0.15) is 4.98 Å². The lowest BCUT2D eigenvalue weighted by atomic mass is 10.2. The minimum Gasteiger partial charge on any atom is -0.481 e. The van der Waals surface area contributed by atoms with E-state index < -0.39 is 11.0 Å². The normalized spacial score (nSPS) is 11.9. The number of hydrogen-bond donors (Lipinski definition) is 0. The van der Waals surface area contributed by atoms with Crippen LogP contribution in [-0.2, 0) is 0 Å². The summed E-state index contributed by atoms with van der Waals surface area (Å²) in [6.07, 6.45) is -0.410. The quantitative estimate of drug-likeness (QED) is 0.518. The molecule has 0 radical (unpaired) electrons. The van der Waals surface area contributed by atoms with Gasteiger partial charge in [-0.25, -0.2) is 0 Å². The van der Waals surface area contributed by atoms with E-state index in [9.17, 15) is 10.1 Å². The maximum Gasteiger partial charge on any atom is 0.269 e. The topological polar surface area (TPSA) is 91.3 Å². The summed E-state index contributed by atoms with van der Waals surface area (Å²) in [5.74, 6) is 1.41. The van der Waals surface area contributed by atoms with E-state index in [4.69, 9.17) is 9.26 Å². The summed E-state index contributed by atoms with van der Waals surface area (Å²) in [6, 6.07) is 13.6. The standard InChI is InChI=1S/C17H15N3O4/c1-11-3-9-15(10-4-11)23-12(2)17-18-16(19-24-17)13-5-7-14(8-6-13)20(21)22/h3-10,12H,1-2H3. The number of nitrogens with zero attached hydrogens (tertiary/aromatic N) is 3. The molecule has 1 atom stereocenters. The molecular formula is C17H15N3O4. The van der Waals surface area contributed by atoms with Crippen molar-refractivity contribution in [1.29, 1.82) is 0 Å². The van der Waals surface area contributed by atoms with Crippen LogP contribution in [-0.4, -0.2) is 15.1 Å². The third kappa shape index (κ3) is 3.40. The van der Waals surface area contributed by atoms with Gasteiger partial charge >= 0.3 is 0 Å². The molecule has 0 aliphatic carbocycles. The molecule has 24 heavy (non-hydrogen) atoms. The maximum absolute atomic E-state index is 10.7. The fraction of sp³-hybridized carbons (Fsp3) is 0.176. The van der Waals surface area contributed by atoms with Crippen molar-refractivity contribution < 1.29 is 14.2 Å². The van der Waals surface area contributed by atoms with Crippen molar-refractivity contribution in [2.75, 3.05) is 0 Å². The predicted molar refractivity (Wildman–Crippen MR) is 86.6 cm³/mol. The van der Waals surface area contributed by atoms with Crippen LogP contribution in [0, 0.1) is 17.0 Å². The van der Waals surface area contributed by atoms with E-state index in [1.165, 1.54) is 12.1 Å². The number of hydrogen-bond acceptors (Lipinski definition) is 6. The zero-order valence-electron chi connectivity index (χ0n) is 13.2. The minimum absolute atomic E-state index is 0.0125. The fourth-order valence-electron chi connectivity index (χ4n) is 2.12. The van der Waals surface area contributed by atoms with Gasteiger partial charge in [0, 0.05) is 17.7 Å².